The van der Waals surface area contributed by atoms with Crippen LogP contribution >= 0.6 is 11.6 Å². The molecule has 3 heterocycles. The van der Waals surface area contributed by atoms with Crippen LogP contribution in [-0.4, -0.2) is 71.3 Å². The summed E-state index contributed by atoms with van der Waals surface area (Å²) in [7, 11) is 2.24. The number of nitrogens with zero attached hydrogens (tertiary/aromatic N) is 4. The topological polar surface area (TPSA) is 55.8 Å². The predicted octanol–water partition coefficient (Wildman–Crippen LogP) is 5.92. The summed E-state index contributed by atoms with van der Waals surface area (Å²) in [6.45, 7) is 4.38. The van der Waals surface area contributed by atoms with Gasteiger partial charge in [-0.1, -0.05) is 12.1 Å². The number of likely N-dealkylation sites (tertiary alicyclic amines) is 1. The largest absolute Gasteiger partial charge is 0.379 e. The van der Waals surface area contributed by atoms with Crippen LogP contribution in [0.2, 0.25) is 0 Å². The highest BCUT2D eigenvalue weighted by molar-refractivity contribution is 6.20. The Labute approximate surface area is 233 Å². The lowest BCUT2D eigenvalue weighted by molar-refractivity contribution is 0.216. The lowest BCUT2D eigenvalue weighted by atomic mass is 9.88. The summed E-state index contributed by atoms with van der Waals surface area (Å²) in [6.07, 6.45) is 12.1. The molecule has 2 aliphatic carbocycles. The number of benzene rings is 1. The Morgan fingerprint density at radius 2 is 1.71 bits per heavy atom. The fourth-order valence-corrected chi connectivity index (χ4v) is 7.33. The van der Waals surface area contributed by atoms with Gasteiger partial charge in [0.15, 0.2) is 0 Å². The number of aryl methyl sites for hydroxylation is 1. The number of anilines is 2. The average molecular weight is 535 g/mol. The molecule has 38 heavy (non-hydrogen) atoms. The van der Waals surface area contributed by atoms with E-state index in [2.05, 4.69) is 68.9 Å². The molecule has 0 bridgehead atoms. The summed E-state index contributed by atoms with van der Waals surface area (Å²) in [6, 6.07) is 15.2. The van der Waals surface area contributed by atoms with Crippen LogP contribution in [0.5, 0.6) is 0 Å². The summed E-state index contributed by atoms with van der Waals surface area (Å²) in [5.41, 5.74) is 5.98. The van der Waals surface area contributed by atoms with E-state index in [9.17, 15) is 0 Å². The predicted molar refractivity (Wildman–Crippen MR) is 159 cm³/mol. The van der Waals surface area contributed by atoms with Crippen molar-refractivity contribution in [3.8, 4) is 0 Å². The maximum atomic E-state index is 6.56. The summed E-state index contributed by atoms with van der Waals surface area (Å²) in [5, 5.41) is 8.40. The normalized spacial score (nSPS) is 30.7. The van der Waals surface area contributed by atoms with E-state index in [1.807, 2.05) is 13.1 Å². The van der Waals surface area contributed by atoms with Crippen molar-refractivity contribution in [2.75, 3.05) is 30.4 Å². The number of aliphatic imine (C=N–C) groups is 1. The van der Waals surface area contributed by atoms with Crippen LogP contribution in [0.4, 0.5) is 17.1 Å². The van der Waals surface area contributed by atoms with Gasteiger partial charge in [-0.15, -0.1) is 11.6 Å². The van der Waals surface area contributed by atoms with Crippen molar-refractivity contribution in [1.29, 1.82) is 0 Å². The van der Waals surface area contributed by atoms with Crippen molar-refractivity contribution in [1.82, 2.24) is 15.2 Å². The molecule has 4 aliphatic rings. The van der Waals surface area contributed by atoms with Crippen molar-refractivity contribution in [3.05, 3.63) is 48.3 Å². The molecule has 2 aromatic rings. The molecule has 7 heteroatoms. The van der Waals surface area contributed by atoms with Crippen LogP contribution in [0.25, 0.3) is 0 Å². The molecule has 0 spiro atoms. The molecule has 0 radical (unpaired) electrons. The van der Waals surface area contributed by atoms with Crippen molar-refractivity contribution in [2.45, 2.75) is 100 Å². The Morgan fingerprint density at radius 3 is 2.47 bits per heavy atom. The SMILES string of the molecule is Cc1ccc(NC2CCC3=Nc4ccccc4N(C4CCC(Cl)CC4)C3CC2NC2CCN(C)CC2)cn1. The van der Waals surface area contributed by atoms with Gasteiger partial charge in [-0.3, -0.25) is 9.98 Å². The van der Waals surface area contributed by atoms with E-state index in [-0.39, 0.29) is 0 Å². The second-order valence-corrected chi connectivity index (χ2v) is 12.6. The van der Waals surface area contributed by atoms with Crippen molar-refractivity contribution >= 4 is 34.4 Å². The minimum atomic E-state index is 0.323. The Hall–Kier alpha value is -2.15. The number of alkyl halides is 1. The summed E-state index contributed by atoms with van der Waals surface area (Å²) in [4.78, 5) is 15.1. The number of nitrogens with one attached hydrogen (secondary N) is 2. The quantitative estimate of drug-likeness (QED) is 0.466. The number of para-hydroxylation sites is 2. The van der Waals surface area contributed by atoms with Gasteiger partial charge in [0.1, 0.15) is 0 Å². The first-order chi connectivity index (χ1) is 18.5. The Kier molecular flexibility index (Phi) is 7.92. The van der Waals surface area contributed by atoms with Crippen LogP contribution in [0.3, 0.4) is 0 Å². The molecule has 0 amide bonds. The van der Waals surface area contributed by atoms with Crippen molar-refractivity contribution in [3.63, 3.8) is 0 Å². The number of pyridine rings is 1. The smallest absolute Gasteiger partial charge is 0.0863 e. The van der Waals surface area contributed by atoms with Crippen molar-refractivity contribution < 1.29 is 0 Å². The van der Waals surface area contributed by atoms with Gasteiger partial charge >= 0.3 is 0 Å². The molecule has 1 aromatic carbocycles. The highest BCUT2D eigenvalue weighted by Gasteiger charge is 2.41. The zero-order chi connectivity index (χ0) is 26.1. The van der Waals surface area contributed by atoms with E-state index in [0.29, 0.717) is 35.6 Å². The second-order valence-electron chi connectivity index (χ2n) is 12.0. The van der Waals surface area contributed by atoms with Crippen LogP contribution < -0.4 is 15.5 Å². The Balaban J connectivity index is 1.31. The zero-order valence-electron chi connectivity index (χ0n) is 23.0. The van der Waals surface area contributed by atoms with E-state index in [4.69, 9.17) is 16.6 Å². The van der Waals surface area contributed by atoms with Gasteiger partial charge in [-0.25, -0.2) is 0 Å². The molecule has 3 atom stereocenters. The number of rotatable bonds is 5. The minimum absolute atomic E-state index is 0.323. The molecular formula is C31H43ClN6. The highest BCUT2D eigenvalue weighted by Crippen LogP contribution is 2.42. The lowest BCUT2D eigenvalue weighted by Gasteiger charge is -2.46. The molecule has 6 rings (SSSR count). The molecular weight excluding hydrogens is 492 g/mol. The third-order valence-electron chi connectivity index (χ3n) is 9.27. The van der Waals surface area contributed by atoms with E-state index in [1.165, 1.54) is 37.3 Å². The van der Waals surface area contributed by atoms with Crippen LogP contribution in [0.15, 0.2) is 47.6 Å². The first kappa shape index (κ1) is 26.1. The molecule has 2 N–H and O–H groups in total. The minimum Gasteiger partial charge on any atom is -0.379 e. The summed E-state index contributed by atoms with van der Waals surface area (Å²) in [5.74, 6) is 0. The fraction of sp³-hybridized carbons (Fsp3) is 0.613. The molecule has 204 valence electrons. The van der Waals surface area contributed by atoms with E-state index in [0.717, 1.165) is 62.0 Å². The molecule has 2 saturated carbocycles. The average Bonchev–Trinajstić information content (AvgIpc) is 3.09. The fourth-order valence-electron chi connectivity index (χ4n) is 7.08. The monoisotopic (exact) mass is 534 g/mol. The summed E-state index contributed by atoms with van der Waals surface area (Å²) < 4.78 is 0. The third kappa shape index (κ3) is 5.73. The van der Waals surface area contributed by atoms with E-state index >= 15 is 0 Å². The Morgan fingerprint density at radius 1 is 0.921 bits per heavy atom. The lowest BCUT2D eigenvalue weighted by Crippen LogP contribution is -2.55. The first-order valence-electron chi connectivity index (χ1n) is 14.8. The van der Waals surface area contributed by atoms with Crippen LogP contribution in [0.1, 0.15) is 63.5 Å². The van der Waals surface area contributed by atoms with E-state index in [1.54, 1.807) is 0 Å². The van der Waals surface area contributed by atoms with Gasteiger partial charge in [0, 0.05) is 41.0 Å². The van der Waals surface area contributed by atoms with E-state index < -0.39 is 0 Å². The molecule has 1 aromatic heterocycles. The van der Waals surface area contributed by atoms with Gasteiger partial charge in [-0.05, 0) is 109 Å². The molecule has 6 nitrogen and oxygen atoms in total. The number of fused-ring (bicyclic) bond motifs is 2. The maximum absolute atomic E-state index is 6.56. The number of aromatic nitrogens is 1. The van der Waals surface area contributed by atoms with Gasteiger partial charge in [0.2, 0.25) is 0 Å². The number of piperidine rings is 1. The number of hydrogen-bond acceptors (Lipinski definition) is 6. The summed E-state index contributed by atoms with van der Waals surface area (Å²) >= 11 is 6.56. The zero-order valence-corrected chi connectivity index (χ0v) is 23.7. The highest BCUT2D eigenvalue weighted by atomic mass is 35.5. The van der Waals surface area contributed by atoms with Gasteiger partial charge in [0.25, 0.3) is 0 Å². The first-order valence-corrected chi connectivity index (χ1v) is 15.2. The van der Waals surface area contributed by atoms with Crippen LogP contribution in [0, 0.1) is 6.92 Å². The van der Waals surface area contributed by atoms with Gasteiger partial charge in [0.05, 0.1) is 29.3 Å². The molecule has 2 aliphatic heterocycles. The second kappa shape index (κ2) is 11.5. The third-order valence-corrected chi connectivity index (χ3v) is 9.71. The Bertz CT molecular complexity index is 1100. The molecule has 3 fully saturated rings. The standard InChI is InChI=1S/C31H43ClN6/c1-21-7-10-24(20-33-21)35-26-13-14-28-31(19-29(26)34-23-15-17-37(2)18-16-23)38(25-11-8-22(32)9-12-25)30-6-4-3-5-27(30)36-28/h3-7,10,20,22-23,25-26,29,31,34-35H,8-9,11-19H2,1-2H3. The van der Waals surface area contributed by atoms with Crippen LogP contribution in [-0.2, 0) is 0 Å². The number of halogens is 1. The van der Waals surface area contributed by atoms with Crippen molar-refractivity contribution in [2.24, 2.45) is 4.99 Å². The number of hydrogen-bond donors (Lipinski definition) is 2. The maximum Gasteiger partial charge on any atom is 0.0863 e. The van der Waals surface area contributed by atoms with Gasteiger partial charge in [-0.2, -0.15) is 0 Å². The molecule has 3 unspecified atom stereocenters. The van der Waals surface area contributed by atoms with Gasteiger partial charge < -0.3 is 20.4 Å². The molecule has 1 saturated heterocycles.